The van der Waals surface area contributed by atoms with Gasteiger partial charge in [0.15, 0.2) is 5.69 Å². The number of nitrogens with zero attached hydrogens (tertiary/aromatic N) is 4. The molecule has 0 aliphatic carbocycles. The second-order valence-electron chi connectivity index (χ2n) is 6.84. The van der Waals surface area contributed by atoms with Gasteiger partial charge in [0.05, 0.1) is 25.0 Å². The van der Waals surface area contributed by atoms with E-state index in [0.29, 0.717) is 17.6 Å². The van der Waals surface area contributed by atoms with E-state index in [1.54, 1.807) is 12.1 Å². The van der Waals surface area contributed by atoms with Crippen LogP contribution in [0.15, 0.2) is 48.8 Å². The molecule has 2 heterocycles. The molecule has 1 fully saturated rings. The number of alkyl halides is 1. The number of nitriles is 1. The summed E-state index contributed by atoms with van der Waals surface area (Å²) in [6.45, 7) is 4.00. The normalized spacial score (nSPS) is 18.3. The molecule has 1 aromatic heterocycles. The van der Waals surface area contributed by atoms with E-state index in [-0.39, 0.29) is 43.5 Å². The van der Waals surface area contributed by atoms with E-state index < -0.39 is 18.0 Å². The molecule has 2 unspecified atom stereocenters. The Morgan fingerprint density at radius 2 is 2.21 bits per heavy atom. The molecule has 1 aromatic carbocycles. The van der Waals surface area contributed by atoms with Crippen molar-refractivity contribution in [3.8, 4) is 11.9 Å². The molecule has 29 heavy (non-hydrogen) atoms. The van der Waals surface area contributed by atoms with Gasteiger partial charge in [-0.1, -0.05) is 18.7 Å². The van der Waals surface area contributed by atoms with Gasteiger partial charge in [0.2, 0.25) is 11.8 Å². The average Bonchev–Trinajstić information content (AvgIpc) is 3.12. The van der Waals surface area contributed by atoms with E-state index in [4.69, 9.17) is 10.00 Å². The Morgan fingerprint density at radius 1 is 1.38 bits per heavy atom. The Bertz CT molecular complexity index is 944. The van der Waals surface area contributed by atoms with Gasteiger partial charge in [-0.25, -0.2) is 8.78 Å². The third-order valence-corrected chi connectivity index (χ3v) is 4.65. The van der Waals surface area contributed by atoms with Gasteiger partial charge < -0.3 is 9.64 Å². The Labute approximate surface area is 167 Å². The molecular weight excluding hydrogens is 378 g/mol. The van der Waals surface area contributed by atoms with Crippen LogP contribution in [0.4, 0.5) is 8.78 Å². The largest absolute Gasteiger partial charge is 0.472 e. The molecule has 0 spiro atoms. The summed E-state index contributed by atoms with van der Waals surface area (Å²) in [6, 6.07) is 7.32. The molecule has 0 saturated carbocycles. The van der Waals surface area contributed by atoms with Crippen LogP contribution in [0, 0.1) is 17.1 Å². The maximum absolute atomic E-state index is 14.0. The van der Waals surface area contributed by atoms with Crippen LogP contribution in [0.3, 0.4) is 0 Å². The van der Waals surface area contributed by atoms with Crippen LogP contribution in [0.5, 0.6) is 5.88 Å². The van der Waals surface area contributed by atoms with E-state index in [2.05, 4.69) is 16.5 Å². The highest BCUT2D eigenvalue weighted by molar-refractivity contribution is 5.77. The summed E-state index contributed by atoms with van der Waals surface area (Å²) in [5, 5.41) is 8.81. The minimum Gasteiger partial charge on any atom is -0.472 e. The standard InChI is InChI=1S/C21H20F2N4O2/c1-14(13-29-20-11-25-10-18(9-24)26-20)5-6-21(28)27-12-17(23)8-19(27)15-3-2-4-16(22)7-15/h2-4,7,10-11,17,19H,1,5-6,8,12-13H2. The lowest BCUT2D eigenvalue weighted by atomic mass is 10.0. The molecule has 2 aromatic rings. The summed E-state index contributed by atoms with van der Waals surface area (Å²) in [4.78, 5) is 21.9. The number of aromatic nitrogens is 2. The maximum Gasteiger partial charge on any atom is 0.233 e. The first-order valence-electron chi connectivity index (χ1n) is 9.17. The van der Waals surface area contributed by atoms with Crippen LogP contribution in [0.25, 0.3) is 0 Å². The second kappa shape index (κ2) is 9.24. The lowest BCUT2D eigenvalue weighted by Crippen LogP contribution is -2.31. The SMILES string of the molecule is C=C(CCC(=O)N1CC(F)CC1c1cccc(F)c1)COc1cncc(C#N)n1. The molecule has 8 heteroatoms. The van der Waals surface area contributed by atoms with Gasteiger partial charge in [-0.15, -0.1) is 0 Å². The first-order valence-corrected chi connectivity index (χ1v) is 9.17. The van der Waals surface area contributed by atoms with Gasteiger partial charge in [0.1, 0.15) is 24.7 Å². The molecule has 3 rings (SSSR count). The summed E-state index contributed by atoms with van der Waals surface area (Å²) >= 11 is 0. The highest BCUT2D eigenvalue weighted by atomic mass is 19.1. The lowest BCUT2D eigenvalue weighted by Gasteiger charge is -2.25. The van der Waals surface area contributed by atoms with Gasteiger partial charge in [-0.2, -0.15) is 10.2 Å². The zero-order valence-electron chi connectivity index (χ0n) is 15.7. The number of carbonyl (C=O) groups excluding carboxylic acids is 1. The topological polar surface area (TPSA) is 79.1 Å². The van der Waals surface area contributed by atoms with Crippen molar-refractivity contribution in [3.63, 3.8) is 0 Å². The van der Waals surface area contributed by atoms with Crippen molar-refractivity contribution in [1.82, 2.24) is 14.9 Å². The molecule has 1 aliphatic rings. The van der Waals surface area contributed by atoms with Crippen molar-refractivity contribution in [3.05, 3.63) is 65.9 Å². The number of ether oxygens (including phenoxy) is 1. The molecule has 0 N–H and O–H groups in total. The minimum atomic E-state index is -1.13. The van der Waals surface area contributed by atoms with Gasteiger partial charge in [-0.05, 0) is 29.7 Å². The number of halogens is 2. The van der Waals surface area contributed by atoms with Crippen LogP contribution >= 0.6 is 0 Å². The smallest absolute Gasteiger partial charge is 0.233 e. The first kappa shape index (κ1) is 20.4. The highest BCUT2D eigenvalue weighted by Gasteiger charge is 2.36. The van der Waals surface area contributed by atoms with Crippen LogP contribution in [-0.2, 0) is 4.79 Å². The van der Waals surface area contributed by atoms with Gasteiger partial charge in [0, 0.05) is 12.8 Å². The first-order chi connectivity index (χ1) is 14.0. The number of carbonyl (C=O) groups is 1. The number of hydrogen-bond donors (Lipinski definition) is 0. The van der Waals surface area contributed by atoms with E-state index in [1.165, 1.54) is 29.4 Å². The Morgan fingerprint density at radius 3 is 2.97 bits per heavy atom. The zero-order chi connectivity index (χ0) is 20.8. The molecule has 2 atom stereocenters. The third-order valence-electron chi connectivity index (χ3n) is 4.65. The fourth-order valence-electron chi connectivity index (χ4n) is 3.24. The number of benzene rings is 1. The van der Waals surface area contributed by atoms with Crippen molar-refractivity contribution in [2.24, 2.45) is 0 Å². The van der Waals surface area contributed by atoms with Gasteiger partial charge in [-0.3, -0.25) is 9.78 Å². The van der Waals surface area contributed by atoms with Gasteiger partial charge >= 0.3 is 0 Å². The fourth-order valence-corrected chi connectivity index (χ4v) is 3.24. The van der Waals surface area contributed by atoms with Crippen LogP contribution in [0.2, 0.25) is 0 Å². The predicted molar refractivity (Wildman–Crippen MR) is 101 cm³/mol. The maximum atomic E-state index is 14.0. The Kier molecular flexibility index (Phi) is 6.50. The van der Waals surface area contributed by atoms with Crippen molar-refractivity contribution < 1.29 is 18.3 Å². The second-order valence-corrected chi connectivity index (χ2v) is 6.84. The van der Waals surface area contributed by atoms with Crippen LogP contribution in [-0.4, -0.2) is 40.1 Å². The number of likely N-dealkylation sites (tertiary alicyclic amines) is 1. The van der Waals surface area contributed by atoms with Crippen LogP contribution < -0.4 is 4.74 Å². The molecule has 0 radical (unpaired) electrons. The summed E-state index contributed by atoms with van der Waals surface area (Å²) in [6.07, 6.45) is 2.23. The van der Waals surface area contributed by atoms with Crippen molar-refractivity contribution >= 4 is 5.91 Å². The third kappa shape index (κ3) is 5.35. The monoisotopic (exact) mass is 398 g/mol. The minimum absolute atomic E-state index is 0.000465. The van der Waals surface area contributed by atoms with Crippen molar-refractivity contribution in [2.45, 2.75) is 31.5 Å². The van der Waals surface area contributed by atoms with Gasteiger partial charge in [0.25, 0.3) is 0 Å². The lowest BCUT2D eigenvalue weighted by molar-refractivity contribution is -0.132. The molecule has 1 amide bonds. The summed E-state index contributed by atoms with van der Waals surface area (Å²) in [5.41, 5.74) is 1.39. The summed E-state index contributed by atoms with van der Waals surface area (Å²) in [7, 11) is 0. The van der Waals surface area contributed by atoms with Crippen molar-refractivity contribution in [1.29, 1.82) is 5.26 Å². The average molecular weight is 398 g/mol. The summed E-state index contributed by atoms with van der Waals surface area (Å²) < 4.78 is 32.9. The molecule has 1 aliphatic heterocycles. The van der Waals surface area contributed by atoms with E-state index in [9.17, 15) is 13.6 Å². The Balaban J connectivity index is 1.53. The summed E-state index contributed by atoms with van der Waals surface area (Å²) in [5.74, 6) is -0.430. The Hall–Kier alpha value is -3.34. The molecule has 6 nitrogen and oxygen atoms in total. The molecular formula is C21H20F2N4O2. The highest BCUT2D eigenvalue weighted by Crippen LogP contribution is 2.34. The number of rotatable bonds is 7. The molecule has 1 saturated heterocycles. The van der Waals surface area contributed by atoms with E-state index >= 15 is 0 Å². The van der Waals surface area contributed by atoms with Crippen molar-refractivity contribution in [2.75, 3.05) is 13.2 Å². The van der Waals surface area contributed by atoms with Crippen LogP contribution in [0.1, 0.15) is 36.6 Å². The van der Waals surface area contributed by atoms with E-state index in [0.717, 1.165) is 0 Å². The fraction of sp³-hybridized carbons (Fsp3) is 0.333. The number of amides is 1. The molecule has 0 bridgehead atoms. The quantitative estimate of drug-likeness (QED) is 0.667. The van der Waals surface area contributed by atoms with E-state index in [1.807, 2.05) is 6.07 Å². The molecule has 150 valence electrons. The predicted octanol–water partition coefficient (Wildman–Crippen LogP) is 3.51. The number of hydrogen-bond acceptors (Lipinski definition) is 5. The zero-order valence-corrected chi connectivity index (χ0v) is 15.7.